The second-order valence-corrected chi connectivity index (χ2v) is 5.20. The third-order valence-corrected chi connectivity index (χ3v) is 3.74. The molecule has 5 heteroatoms. The van der Waals surface area contributed by atoms with Crippen molar-refractivity contribution in [2.24, 2.45) is 10.9 Å². The molecular weight excluding hydrogens is 288 g/mol. The van der Waals surface area contributed by atoms with E-state index in [0.29, 0.717) is 22.7 Å². The molecule has 0 spiro atoms. The van der Waals surface area contributed by atoms with Crippen LogP contribution in [0.5, 0.6) is 0 Å². The van der Waals surface area contributed by atoms with Crippen molar-refractivity contribution >= 4 is 23.3 Å². The number of rotatable bonds is 3. The normalized spacial score (nSPS) is 17.5. The SMILES string of the molecule is NN=C(CC1OC(=O)c2ccccc21)c1ccc(Cl)cc1. The number of hydrazone groups is 1. The first kappa shape index (κ1) is 13.6. The van der Waals surface area contributed by atoms with E-state index in [1.807, 2.05) is 30.3 Å². The van der Waals surface area contributed by atoms with E-state index in [1.165, 1.54) is 0 Å². The van der Waals surface area contributed by atoms with E-state index in [-0.39, 0.29) is 12.1 Å². The van der Waals surface area contributed by atoms with Gasteiger partial charge in [-0.15, -0.1) is 0 Å². The molecule has 4 nitrogen and oxygen atoms in total. The van der Waals surface area contributed by atoms with Crippen LogP contribution in [-0.4, -0.2) is 11.7 Å². The summed E-state index contributed by atoms with van der Waals surface area (Å²) < 4.78 is 5.41. The zero-order valence-electron chi connectivity index (χ0n) is 11.1. The summed E-state index contributed by atoms with van der Waals surface area (Å²) >= 11 is 5.88. The Labute approximate surface area is 127 Å². The van der Waals surface area contributed by atoms with Gasteiger partial charge in [-0.1, -0.05) is 41.9 Å². The second kappa shape index (κ2) is 5.58. The van der Waals surface area contributed by atoms with Gasteiger partial charge in [0.1, 0.15) is 6.10 Å². The summed E-state index contributed by atoms with van der Waals surface area (Å²) in [6.45, 7) is 0. The van der Waals surface area contributed by atoms with Crippen molar-refractivity contribution in [3.63, 3.8) is 0 Å². The maximum absolute atomic E-state index is 11.8. The van der Waals surface area contributed by atoms with E-state index in [4.69, 9.17) is 22.2 Å². The molecule has 2 aromatic carbocycles. The van der Waals surface area contributed by atoms with Gasteiger partial charge in [-0.3, -0.25) is 0 Å². The molecule has 21 heavy (non-hydrogen) atoms. The Kier molecular flexibility index (Phi) is 3.62. The van der Waals surface area contributed by atoms with Crippen LogP contribution in [0.1, 0.15) is 34.0 Å². The molecule has 0 saturated heterocycles. The summed E-state index contributed by atoms with van der Waals surface area (Å²) in [4.78, 5) is 11.8. The molecular formula is C16H13ClN2O2. The number of ether oxygens (including phenoxy) is 1. The Bertz CT molecular complexity index is 710. The lowest BCUT2D eigenvalue weighted by atomic mass is 9.98. The maximum atomic E-state index is 11.8. The first-order valence-corrected chi connectivity index (χ1v) is 6.89. The Morgan fingerprint density at radius 3 is 2.62 bits per heavy atom. The van der Waals surface area contributed by atoms with Crippen molar-refractivity contribution in [1.29, 1.82) is 0 Å². The highest BCUT2D eigenvalue weighted by molar-refractivity contribution is 6.30. The topological polar surface area (TPSA) is 64.7 Å². The molecule has 0 amide bonds. The van der Waals surface area contributed by atoms with Crippen molar-refractivity contribution in [1.82, 2.24) is 0 Å². The van der Waals surface area contributed by atoms with Gasteiger partial charge in [-0.25, -0.2) is 4.79 Å². The van der Waals surface area contributed by atoms with Gasteiger partial charge in [0.2, 0.25) is 0 Å². The lowest BCUT2D eigenvalue weighted by molar-refractivity contribution is 0.0400. The van der Waals surface area contributed by atoms with Crippen LogP contribution in [0.25, 0.3) is 0 Å². The van der Waals surface area contributed by atoms with Crippen LogP contribution in [-0.2, 0) is 4.74 Å². The number of halogens is 1. The molecule has 0 aliphatic carbocycles. The highest BCUT2D eigenvalue weighted by Crippen LogP contribution is 2.33. The fourth-order valence-electron chi connectivity index (χ4n) is 2.43. The van der Waals surface area contributed by atoms with Crippen LogP contribution in [0.3, 0.4) is 0 Å². The van der Waals surface area contributed by atoms with Gasteiger partial charge in [-0.05, 0) is 23.8 Å². The quantitative estimate of drug-likeness (QED) is 0.409. The summed E-state index contributed by atoms with van der Waals surface area (Å²) in [5.74, 6) is 5.19. The number of nitrogens with two attached hydrogens (primary N) is 1. The minimum atomic E-state index is -0.355. The van der Waals surface area contributed by atoms with Gasteiger partial charge in [-0.2, -0.15) is 5.10 Å². The summed E-state index contributed by atoms with van der Waals surface area (Å²) in [5, 5.41) is 4.48. The molecule has 2 N–H and O–H groups in total. The average Bonchev–Trinajstić information content (AvgIpc) is 2.83. The summed E-state index contributed by atoms with van der Waals surface area (Å²) in [6.07, 6.45) is 0.0765. The molecule has 0 bridgehead atoms. The molecule has 0 fully saturated rings. The monoisotopic (exact) mass is 300 g/mol. The first-order chi connectivity index (χ1) is 10.2. The first-order valence-electron chi connectivity index (χ1n) is 6.51. The summed E-state index contributed by atoms with van der Waals surface area (Å²) in [5.41, 5.74) is 3.01. The van der Waals surface area contributed by atoms with Crippen molar-refractivity contribution < 1.29 is 9.53 Å². The summed E-state index contributed by atoms with van der Waals surface area (Å²) in [6, 6.07) is 14.6. The molecule has 3 rings (SSSR count). The van der Waals surface area contributed by atoms with Gasteiger partial charge in [0.05, 0.1) is 11.3 Å². The molecule has 0 aromatic heterocycles. The van der Waals surface area contributed by atoms with Gasteiger partial charge < -0.3 is 10.6 Å². The Morgan fingerprint density at radius 1 is 1.19 bits per heavy atom. The largest absolute Gasteiger partial charge is 0.453 e. The number of fused-ring (bicyclic) bond motifs is 1. The van der Waals surface area contributed by atoms with Crippen LogP contribution < -0.4 is 5.84 Å². The van der Waals surface area contributed by atoms with E-state index in [0.717, 1.165) is 11.1 Å². The van der Waals surface area contributed by atoms with Crippen LogP contribution in [0.2, 0.25) is 5.02 Å². The fourth-order valence-corrected chi connectivity index (χ4v) is 2.56. The lowest BCUT2D eigenvalue weighted by Crippen LogP contribution is -2.11. The summed E-state index contributed by atoms with van der Waals surface area (Å²) in [7, 11) is 0. The standard InChI is InChI=1S/C16H13ClN2O2/c17-11-7-5-10(6-8-11)14(19-18)9-15-12-3-1-2-4-13(12)16(20)21-15/h1-8,15H,9,18H2. The Morgan fingerprint density at radius 2 is 1.90 bits per heavy atom. The number of nitrogens with zero attached hydrogens (tertiary/aromatic N) is 1. The average molecular weight is 301 g/mol. The minimum Gasteiger partial charge on any atom is -0.453 e. The van der Waals surface area contributed by atoms with Crippen LogP contribution in [0, 0.1) is 0 Å². The van der Waals surface area contributed by atoms with Crippen molar-refractivity contribution in [3.05, 3.63) is 70.2 Å². The lowest BCUT2D eigenvalue weighted by Gasteiger charge is -2.12. The van der Waals surface area contributed by atoms with Gasteiger partial charge in [0.25, 0.3) is 0 Å². The van der Waals surface area contributed by atoms with Gasteiger partial charge in [0.15, 0.2) is 0 Å². The van der Waals surface area contributed by atoms with Crippen LogP contribution in [0.15, 0.2) is 53.6 Å². The molecule has 0 radical (unpaired) electrons. The second-order valence-electron chi connectivity index (χ2n) is 4.77. The zero-order chi connectivity index (χ0) is 14.8. The number of hydrogen-bond donors (Lipinski definition) is 1. The molecule has 2 aromatic rings. The van der Waals surface area contributed by atoms with Crippen LogP contribution >= 0.6 is 11.6 Å². The third-order valence-electron chi connectivity index (χ3n) is 3.49. The number of benzene rings is 2. The molecule has 0 saturated carbocycles. The predicted octanol–water partition coefficient (Wildman–Crippen LogP) is 3.30. The Balaban J connectivity index is 1.86. The molecule has 1 aliphatic rings. The minimum absolute atomic E-state index is 0.303. The van der Waals surface area contributed by atoms with Gasteiger partial charge >= 0.3 is 5.97 Å². The predicted molar refractivity (Wildman–Crippen MR) is 81.4 cm³/mol. The van der Waals surface area contributed by atoms with E-state index >= 15 is 0 Å². The molecule has 1 unspecified atom stereocenters. The molecule has 1 atom stereocenters. The third kappa shape index (κ3) is 2.62. The van der Waals surface area contributed by atoms with E-state index in [9.17, 15) is 4.79 Å². The van der Waals surface area contributed by atoms with Crippen LogP contribution in [0.4, 0.5) is 0 Å². The molecule has 106 valence electrons. The van der Waals surface area contributed by atoms with Crippen molar-refractivity contribution in [2.45, 2.75) is 12.5 Å². The highest BCUT2D eigenvalue weighted by atomic mass is 35.5. The number of carbonyl (C=O) groups is 1. The van der Waals surface area contributed by atoms with E-state index in [2.05, 4.69) is 5.10 Å². The number of esters is 1. The number of cyclic esters (lactones) is 1. The van der Waals surface area contributed by atoms with Crippen molar-refractivity contribution in [2.75, 3.05) is 0 Å². The fraction of sp³-hybridized carbons (Fsp3) is 0.125. The van der Waals surface area contributed by atoms with E-state index in [1.54, 1.807) is 18.2 Å². The zero-order valence-corrected chi connectivity index (χ0v) is 11.9. The number of carbonyl (C=O) groups excluding carboxylic acids is 1. The Hall–Kier alpha value is -2.33. The molecule has 1 aliphatic heterocycles. The molecule has 1 heterocycles. The van der Waals surface area contributed by atoms with E-state index < -0.39 is 0 Å². The van der Waals surface area contributed by atoms with Gasteiger partial charge in [0, 0.05) is 17.0 Å². The maximum Gasteiger partial charge on any atom is 0.339 e. The highest BCUT2D eigenvalue weighted by Gasteiger charge is 2.31. The number of hydrogen-bond acceptors (Lipinski definition) is 4. The smallest absolute Gasteiger partial charge is 0.339 e. The van der Waals surface area contributed by atoms with Crippen molar-refractivity contribution in [3.8, 4) is 0 Å².